The Bertz CT molecular complexity index is 876. The van der Waals surface area contributed by atoms with E-state index in [0.29, 0.717) is 24.8 Å². The van der Waals surface area contributed by atoms with Gasteiger partial charge < -0.3 is 28.8 Å². The maximum absolute atomic E-state index is 12.7. The van der Waals surface area contributed by atoms with E-state index in [-0.39, 0.29) is 5.92 Å². The molecule has 31 heavy (non-hydrogen) atoms. The van der Waals surface area contributed by atoms with E-state index in [0.717, 1.165) is 5.56 Å². The van der Waals surface area contributed by atoms with Crippen LogP contribution < -0.4 is 0 Å². The Morgan fingerprint density at radius 2 is 2.00 bits per heavy atom. The SMILES string of the molecule is COC(=O)C1=C[C@H](OC(C)=O)[C@H](O)[C@@H]2[C@@]3(C)C[C@@H](c4ccoc4)O[C@@H](O)[C@@H]3CC[C@@]12C. The van der Waals surface area contributed by atoms with Gasteiger partial charge in [0.15, 0.2) is 6.29 Å². The molecule has 8 heteroatoms. The zero-order valence-electron chi connectivity index (χ0n) is 18.2. The Morgan fingerprint density at radius 3 is 2.61 bits per heavy atom. The summed E-state index contributed by atoms with van der Waals surface area (Å²) in [5.74, 6) is -1.78. The van der Waals surface area contributed by atoms with E-state index in [1.54, 1.807) is 18.6 Å². The van der Waals surface area contributed by atoms with E-state index in [4.69, 9.17) is 18.6 Å². The minimum absolute atomic E-state index is 0.252. The lowest BCUT2D eigenvalue weighted by Gasteiger charge is -2.62. The van der Waals surface area contributed by atoms with Crippen LogP contribution in [0.15, 0.2) is 34.7 Å². The fourth-order valence-electron chi connectivity index (χ4n) is 6.43. The fraction of sp³-hybridized carbons (Fsp3) is 0.652. The summed E-state index contributed by atoms with van der Waals surface area (Å²) < 4.78 is 21.6. The third-order valence-corrected chi connectivity index (χ3v) is 7.74. The molecule has 2 fully saturated rings. The van der Waals surface area contributed by atoms with Crippen molar-refractivity contribution in [1.29, 1.82) is 0 Å². The average Bonchev–Trinajstić information content (AvgIpc) is 3.23. The van der Waals surface area contributed by atoms with Crippen LogP contribution in [0.2, 0.25) is 0 Å². The highest BCUT2D eigenvalue weighted by atomic mass is 16.6. The Morgan fingerprint density at radius 1 is 1.26 bits per heavy atom. The number of carbonyl (C=O) groups is 2. The highest BCUT2D eigenvalue weighted by Gasteiger charge is 2.65. The molecule has 0 aromatic carbocycles. The summed E-state index contributed by atoms with van der Waals surface area (Å²) in [6.07, 6.45) is 2.85. The second-order valence-corrected chi connectivity index (χ2v) is 9.46. The van der Waals surface area contributed by atoms with Gasteiger partial charge in [-0.1, -0.05) is 13.8 Å². The van der Waals surface area contributed by atoms with Gasteiger partial charge in [-0.3, -0.25) is 4.79 Å². The van der Waals surface area contributed by atoms with Crippen LogP contribution in [0, 0.1) is 22.7 Å². The van der Waals surface area contributed by atoms with Gasteiger partial charge in [0.1, 0.15) is 6.10 Å². The molecule has 3 aliphatic rings. The van der Waals surface area contributed by atoms with Gasteiger partial charge in [0.25, 0.3) is 0 Å². The van der Waals surface area contributed by atoms with Crippen molar-refractivity contribution in [2.24, 2.45) is 22.7 Å². The number of esters is 2. The van der Waals surface area contributed by atoms with Crippen LogP contribution in [-0.2, 0) is 23.8 Å². The number of rotatable bonds is 3. The molecule has 8 nitrogen and oxygen atoms in total. The molecule has 0 bridgehead atoms. The number of fused-ring (bicyclic) bond motifs is 3. The first kappa shape index (κ1) is 22.0. The van der Waals surface area contributed by atoms with E-state index in [2.05, 4.69) is 0 Å². The first-order valence-corrected chi connectivity index (χ1v) is 10.6. The number of furan rings is 1. The molecule has 1 aromatic rings. The Labute approximate surface area is 181 Å². The summed E-state index contributed by atoms with van der Waals surface area (Å²) in [5.41, 5.74) is -0.127. The monoisotopic (exact) mass is 434 g/mol. The molecular formula is C23H30O8. The summed E-state index contributed by atoms with van der Waals surface area (Å²) in [6.45, 7) is 5.24. The lowest BCUT2D eigenvalue weighted by atomic mass is 9.44. The molecule has 0 spiro atoms. The predicted molar refractivity (Wildman–Crippen MR) is 107 cm³/mol. The van der Waals surface area contributed by atoms with E-state index in [1.807, 2.05) is 13.8 Å². The molecule has 1 aliphatic heterocycles. The van der Waals surface area contributed by atoms with Crippen molar-refractivity contribution >= 4 is 11.9 Å². The van der Waals surface area contributed by atoms with Crippen LogP contribution in [0.5, 0.6) is 0 Å². The Hall–Kier alpha value is -2.16. The Balaban J connectivity index is 1.81. The molecule has 2 N–H and O–H groups in total. The molecule has 2 aliphatic carbocycles. The van der Waals surface area contributed by atoms with Crippen molar-refractivity contribution in [2.75, 3.05) is 7.11 Å². The normalized spacial score (nSPS) is 42.1. The minimum atomic E-state index is -1.05. The molecule has 170 valence electrons. The average molecular weight is 434 g/mol. The number of carbonyl (C=O) groups excluding carboxylic acids is 2. The van der Waals surface area contributed by atoms with Crippen LogP contribution in [0.1, 0.15) is 51.7 Å². The maximum atomic E-state index is 12.7. The van der Waals surface area contributed by atoms with Gasteiger partial charge in [-0.15, -0.1) is 0 Å². The van der Waals surface area contributed by atoms with E-state index >= 15 is 0 Å². The summed E-state index contributed by atoms with van der Waals surface area (Å²) in [4.78, 5) is 24.5. The molecule has 1 saturated carbocycles. The number of hydrogen-bond donors (Lipinski definition) is 2. The zero-order valence-corrected chi connectivity index (χ0v) is 18.2. The van der Waals surface area contributed by atoms with Crippen LogP contribution in [-0.4, -0.2) is 47.8 Å². The summed E-state index contributed by atoms with van der Waals surface area (Å²) in [6, 6.07) is 1.79. The zero-order chi connectivity index (χ0) is 22.6. The first-order chi connectivity index (χ1) is 14.6. The third-order valence-electron chi connectivity index (χ3n) is 7.74. The third kappa shape index (κ3) is 3.41. The van der Waals surface area contributed by atoms with Crippen LogP contribution >= 0.6 is 0 Å². The highest BCUT2D eigenvalue weighted by molar-refractivity contribution is 5.90. The molecule has 0 radical (unpaired) electrons. The van der Waals surface area contributed by atoms with E-state index < -0.39 is 53.3 Å². The van der Waals surface area contributed by atoms with Crippen LogP contribution in [0.25, 0.3) is 0 Å². The smallest absolute Gasteiger partial charge is 0.334 e. The molecule has 1 aromatic heterocycles. The number of aliphatic hydroxyl groups excluding tert-OH is 2. The lowest BCUT2D eigenvalue weighted by molar-refractivity contribution is -0.281. The predicted octanol–water partition coefficient (Wildman–Crippen LogP) is 2.50. The number of hydrogen-bond acceptors (Lipinski definition) is 8. The van der Waals surface area contributed by atoms with Gasteiger partial charge in [-0.05, 0) is 36.8 Å². The summed E-state index contributed by atoms with van der Waals surface area (Å²) >= 11 is 0. The van der Waals surface area contributed by atoms with Crippen molar-refractivity contribution in [1.82, 2.24) is 0 Å². The van der Waals surface area contributed by atoms with Gasteiger partial charge in [0.2, 0.25) is 0 Å². The lowest BCUT2D eigenvalue weighted by Crippen LogP contribution is -2.63. The quantitative estimate of drug-likeness (QED) is 0.698. The largest absolute Gasteiger partial charge is 0.472 e. The highest BCUT2D eigenvalue weighted by Crippen LogP contribution is 2.65. The summed E-state index contributed by atoms with van der Waals surface area (Å²) in [7, 11) is 1.31. The summed E-state index contributed by atoms with van der Waals surface area (Å²) in [5, 5.41) is 22.3. The molecule has 1 saturated heterocycles. The molecule has 0 amide bonds. The van der Waals surface area contributed by atoms with Crippen molar-refractivity contribution in [2.45, 2.75) is 64.6 Å². The van der Waals surface area contributed by atoms with Crippen molar-refractivity contribution in [3.8, 4) is 0 Å². The first-order valence-electron chi connectivity index (χ1n) is 10.6. The van der Waals surface area contributed by atoms with Gasteiger partial charge >= 0.3 is 11.9 Å². The van der Waals surface area contributed by atoms with Crippen LogP contribution in [0.3, 0.4) is 0 Å². The number of methoxy groups -OCH3 is 1. The van der Waals surface area contributed by atoms with Crippen molar-refractivity contribution in [3.63, 3.8) is 0 Å². The maximum Gasteiger partial charge on any atom is 0.334 e. The van der Waals surface area contributed by atoms with E-state index in [1.165, 1.54) is 20.1 Å². The van der Waals surface area contributed by atoms with E-state index in [9.17, 15) is 19.8 Å². The molecule has 4 rings (SSSR count). The van der Waals surface area contributed by atoms with Crippen molar-refractivity contribution in [3.05, 3.63) is 35.8 Å². The van der Waals surface area contributed by atoms with Crippen LogP contribution in [0.4, 0.5) is 0 Å². The second kappa shape index (κ2) is 7.76. The van der Waals surface area contributed by atoms with Gasteiger partial charge in [-0.25, -0.2) is 4.79 Å². The number of ether oxygens (including phenoxy) is 3. The van der Waals surface area contributed by atoms with Gasteiger partial charge in [0.05, 0.1) is 31.8 Å². The molecule has 8 atom stereocenters. The Kier molecular flexibility index (Phi) is 5.52. The van der Waals surface area contributed by atoms with Gasteiger partial charge in [-0.2, -0.15) is 0 Å². The molecule has 2 heterocycles. The van der Waals surface area contributed by atoms with Crippen molar-refractivity contribution < 1.29 is 38.4 Å². The molecular weight excluding hydrogens is 404 g/mol. The molecule has 0 unspecified atom stereocenters. The standard InChI is InChI=1S/C23H30O8/c1-12(24)30-16-9-15(20(26)28-4)22(2)7-5-14-21(27)31-17(13-6-8-29-11-13)10-23(14,3)19(22)18(16)25/h6,8-9,11,14,16-19,21,25,27H,5,7,10H2,1-4H3/t14-,16-,17-,18-,19-,21+,22-,23-/m0/s1. The van der Waals surface area contributed by atoms with Gasteiger partial charge in [0, 0.05) is 35.3 Å². The topological polar surface area (TPSA) is 115 Å². The minimum Gasteiger partial charge on any atom is -0.472 e. The second-order valence-electron chi connectivity index (χ2n) is 9.46. The fourth-order valence-corrected chi connectivity index (χ4v) is 6.43. The number of aliphatic hydroxyl groups is 2.